The van der Waals surface area contributed by atoms with E-state index < -0.39 is 0 Å². The highest BCUT2D eigenvalue weighted by molar-refractivity contribution is 7.09. The maximum Gasteiger partial charge on any atom is 0.227 e. The van der Waals surface area contributed by atoms with E-state index in [1.165, 1.54) is 0 Å². The first-order chi connectivity index (χ1) is 11.1. The van der Waals surface area contributed by atoms with Gasteiger partial charge in [0.25, 0.3) is 0 Å². The Balaban J connectivity index is 1.72. The van der Waals surface area contributed by atoms with Gasteiger partial charge in [-0.05, 0) is 18.1 Å². The summed E-state index contributed by atoms with van der Waals surface area (Å²) in [6.07, 6.45) is 3.41. The minimum absolute atomic E-state index is 0.118. The molecule has 0 radical (unpaired) electrons. The highest BCUT2D eigenvalue weighted by atomic mass is 32.1. The lowest BCUT2D eigenvalue weighted by Crippen LogP contribution is -2.27. The third kappa shape index (κ3) is 3.29. The summed E-state index contributed by atoms with van der Waals surface area (Å²) in [5, 5.41) is 4.31. The van der Waals surface area contributed by atoms with Crippen LogP contribution in [0.5, 0.6) is 0 Å². The van der Waals surface area contributed by atoms with Gasteiger partial charge < -0.3 is 9.47 Å². The number of rotatable bonds is 5. The van der Waals surface area contributed by atoms with E-state index in [1.54, 1.807) is 16.2 Å². The van der Waals surface area contributed by atoms with E-state index in [2.05, 4.69) is 34.8 Å². The summed E-state index contributed by atoms with van der Waals surface area (Å²) >= 11 is 1.66. The number of aromatic nitrogens is 2. The molecule has 120 valence electrons. The predicted molar refractivity (Wildman–Crippen MR) is 94.6 cm³/mol. The van der Waals surface area contributed by atoms with E-state index in [0.717, 1.165) is 33.6 Å². The van der Waals surface area contributed by atoms with Crippen molar-refractivity contribution >= 4 is 28.1 Å². The fourth-order valence-electron chi connectivity index (χ4n) is 2.78. The largest absolute Gasteiger partial charge is 0.350 e. The van der Waals surface area contributed by atoms with E-state index >= 15 is 0 Å². The molecule has 0 aliphatic carbocycles. The van der Waals surface area contributed by atoms with Crippen LogP contribution in [0.4, 0.5) is 0 Å². The van der Waals surface area contributed by atoms with Crippen LogP contribution in [0.3, 0.4) is 0 Å². The van der Waals surface area contributed by atoms with Crippen molar-refractivity contribution in [3.05, 3.63) is 52.1 Å². The number of aryl methyl sites for hydroxylation is 2. The van der Waals surface area contributed by atoms with Crippen molar-refractivity contribution in [3.8, 4) is 0 Å². The summed E-state index contributed by atoms with van der Waals surface area (Å²) in [6.45, 7) is 2.66. The van der Waals surface area contributed by atoms with Crippen LogP contribution < -0.4 is 0 Å². The molecule has 0 atom stereocenters. The standard InChI is InChI=1S/C18H21N3OS/c1-4-17-19-14(12-23-17)11-21(3)18(22)9-13-10-20(2)16-8-6-5-7-15(13)16/h5-8,10,12H,4,9,11H2,1-3H3. The molecule has 1 amide bonds. The normalized spacial score (nSPS) is 11.1. The lowest BCUT2D eigenvalue weighted by molar-refractivity contribution is -0.129. The zero-order valence-corrected chi connectivity index (χ0v) is 14.6. The number of amides is 1. The molecule has 2 heterocycles. The maximum atomic E-state index is 12.5. The van der Waals surface area contributed by atoms with Crippen LogP contribution in [-0.2, 0) is 31.2 Å². The average Bonchev–Trinajstić information content (AvgIpc) is 3.13. The van der Waals surface area contributed by atoms with E-state index in [0.29, 0.717) is 13.0 Å². The second-order valence-corrected chi connectivity index (χ2v) is 6.74. The number of thiazole rings is 1. The molecule has 5 heteroatoms. The summed E-state index contributed by atoms with van der Waals surface area (Å²) in [7, 11) is 3.86. The Morgan fingerprint density at radius 1 is 1.35 bits per heavy atom. The van der Waals surface area contributed by atoms with Gasteiger partial charge in [0.2, 0.25) is 5.91 Å². The molecular formula is C18H21N3OS. The number of hydrogen-bond donors (Lipinski definition) is 0. The van der Waals surface area contributed by atoms with Crippen LogP contribution in [0.2, 0.25) is 0 Å². The Kier molecular flexibility index (Phi) is 4.48. The third-order valence-corrected chi connectivity index (χ3v) is 5.09. The van der Waals surface area contributed by atoms with Crippen molar-refractivity contribution in [1.82, 2.24) is 14.5 Å². The molecule has 0 saturated heterocycles. The first kappa shape index (κ1) is 15.7. The van der Waals surface area contributed by atoms with Crippen LogP contribution in [0.1, 0.15) is 23.2 Å². The fraction of sp³-hybridized carbons (Fsp3) is 0.333. The van der Waals surface area contributed by atoms with E-state index in [4.69, 9.17) is 0 Å². The number of carbonyl (C=O) groups excluding carboxylic acids is 1. The van der Waals surface area contributed by atoms with Gasteiger partial charge in [-0.25, -0.2) is 4.98 Å². The molecular weight excluding hydrogens is 306 g/mol. The molecule has 2 aromatic heterocycles. The molecule has 1 aromatic carbocycles. The molecule has 0 unspecified atom stereocenters. The smallest absolute Gasteiger partial charge is 0.227 e. The molecule has 23 heavy (non-hydrogen) atoms. The first-order valence-corrected chi connectivity index (χ1v) is 8.66. The van der Waals surface area contributed by atoms with Crippen LogP contribution in [0.15, 0.2) is 35.8 Å². The van der Waals surface area contributed by atoms with Crippen molar-refractivity contribution in [3.63, 3.8) is 0 Å². The summed E-state index contributed by atoms with van der Waals surface area (Å²) in [6, 6.07) is 8.19. The molecule has 0 spiro atoms. The van der Waals surface area contributed by atoms with Crippen molar-refractivity contribution in [2.24, 2.45) is 7.05 Å². The number of nitrogens with zero attached hydrogens (tertiary/aromatic N) is 3. The van der Waals surface area contributed by atoms with Gasteiger partial charge in [0, 0.05) is 36.6 Å². The van der Waals surface area contributed by atoms with Crippen molar-refractivity contribution in [2.45, 2.75) is 26.3 Å². The number of likely N-dealkylation sites (N-methyl/N-ethyl adjacent to an activating group) is 1. The van der Waals surface area contributed by atoms with Gasteiger partial charge in [0.15, 0.2) is 0 Å². The Morgan fingerprint density at radius 3 is 2.87 bits per heavy atom. The maximum absolute atomic E-state index is 12.5. The molecule has 0 aliphatic rings. The first-order valence-electron chi connectivity index (χ1n) is 7.78. The number of carbonyl (C=O) groups is 1. The molecule has 3 aromatic rings. The highest BCUT2D eigenvalue weighted by Gasteiger charge is 2.15. The van der Waals surface area contributed by atoms with Crippen molar-refractivity contribution in [2.75, 3.05) is 7.05 Å². The lowest BCUT2D eigenvalue weighted by Gasteiger charge is -2.15. The van der Waals surface area contributed by atoms with Gasteiger partial charge in [-0.1, -0.05) is 25.1 Å². The van der Waals surface area contributed by atoms with E-state index in [1.807, 2.05) is 31.6 Å². The SMILES string of the molecule is CCc1nc(CN(C)C(=O)Cc2cn(C)c3ccccc23)cs1. The zero-order chi connectivity index (χ0) is 16.4. The second kappa shape index (κ2) is 6.54. The zero-order valence-electron chi connectivity index (χ0n) is 13.7. The number of benzene rings is 1. The van der Waals surface area contributed by atoms with Gasteiger partial charge in [0.1, 0.15) is 0 Å². The van der Waals surface area contributed by atoms with Gasteiger partial charge in [-0.2, -0.15) is 0 Å². The summed E-state index contributed by atoms with van der Waals surface area (Å²) < 4.78 is 2.08. The van der Waals surface area contributed by atoms with Crippen molar-refractivity contribution in [1.29, 1.82) is 0 Å². The van der Waals surface area contributed by atoms with Crippen LogP contribution in [0.25, 0.3) is 10.9 Å². The highest BCUT2D eigenvalue weighted by Crippen LogP contribution is 2.21. The van der Waals surface area contributed by atoms with Gasteiger partial charge in [-0.3, -0.25) is 4.79 Å². The Hall–Kier alpha value is -2.14. The number of para-hydroxylation sites is 1. The topological polar surface area (TPSA) is 38.1 Å². The van der Waals surface area contributed by atoms with Crippen LogP contribution >= 0.6 is 11.3 Å². The lowest BCUT2D eigenvalue weighted by atomic mass is 10.1. The summed E-state index contributed by atoms with van der Waals surface area (Å²) in [5.41, 5.74) is 3.21. The third-order valence-electron chi connectivity index (χ3n) is 4.05. The van der Waals surface area contributed by atoms with Crippen LogP contribution in [-0.4, -0.2) is 27.4 Å². The predicted octanol–water partition coefficient (Wildman–Crippen LogP) is 3.40. The Labute approximate surface area is 140 Å². The number of hydrogen-bond acceptors (Lipinski definition) is 3. The van der Waals surface area contributed by atoms with Crippen LogP contribution in [0, 0.1) is 0 Å². The monoisotopic (exact) mass is 327 g/mol. The average molecular weight is 327 g/mol. The van der Waals surface area contributed by atoms with E-state index in [9.17, 15) is 4.79 Å². The molecule has 0 fully saturated rings. The molecule has 0 bridgehead atoms. The summed E-state index contributed by atoms with van der Waals surface area (Å²) in [4.78, 5) is 18.8. The van der Waals surface area contributed by atoms with Gasteiger partial charge in [-0.15, -0.1) is 11.3 Å². The quantitative estimate of drug-likeness (QED) is 0.720. The molecule has 4 nitrogen and oxygen atoms in total. The molecule has 0 aliphatic heterocycles. The Bertz CT molecular complexity index is 834. The second-order valence-electron chi connectivity index (χ2n) is 5.80. The minimum Gasteiger partial charge on any atom is -0.350 e. The molecule has 3 rings (SSSR count). The minimum atomic E-state index is 0.118. The summed E-state index contributed by atoms with van der Waals surface area (Å²) in [5.74, 6) is 0.118. The fourth-order valence-corrected chi connectivity index (χ4v) is 3.52. The number of fused-ring (bicyclic) bond motifs is 1. The molecule has 0 N–H and O–H groups in total. The van der Waals surface area contributed by atoms with Crippen molar-refractivity contribution < 1.29 is 4.79 Å². The van der Waals surface area contributed by atoms with E-state index in [-0.39, 0.29) is 5.91 Å². The van der Waals surface area contributed by atoms with Gasteiger partial charge >= 0.3 is 0 Å². The molecule has 0 saturated carbocycles. The Morgan fingerprint density at radius 2 is 2.13 bits per heavy atom. The van der Waals surface area contributed by atoms with Gasteiger partial charge in [0.05, 0.1) is 23.7 Å².